The second-order valence-corrected chi connectivity index (χ2v) is 23.2. The summed E-state index contributed by atoms with van der Waals surface area (Å²) in [4.78, 5) is 120. The van der Waals surface area contributed by atoms with Gasteiger partial charge in [0.1, 0.15) is 40.7 Å². The van der Waals surface area contributed by atoms with Crippen molar-refractivity contribution in [3.63, 3.8) is 0 Å². The summed E-state index contributed by atoms with van der Waals surface area (Å²) in [5.74, 6) is -4.52. The van der Waals surface area contributed by atoms with Crippen molar-refractivity contribution >= 4 is 54.2 Å². The number of esters is 4. The third-order valence-corrected chi connectivity index (χ3v) is 11.3. The first-order chi connectivity index (χ1) is 35.9. The summed E-state index contributed by atoms with van der Waals surface area (Å²) in [7, 11) is 0. The molecule has 0 aromatic heterocycles. The number of nitrogens with two attached hydrogens (primary N) is 1. The fourth-order valence-electron chi connectivity index (χ4n) is 8.62. The Morgan fingerprint density at radius 3 is 1.45 bits per heavy atom. The minimum Gasteiger partial charge on any atom is -0.457 e. The molecule has 1 saturated carbocycles. The predicted octanol–water partition coefficient (Wildman–Crippen LogP) is 3.57. The van der Waals surface area contributed by atoms with Gasteiger partial charge < -0.3 is 89.2 Å². The van der Waals surface area contributed by atoms with E-state index in [1.807, 2.05) is 0 Å². The Morgan fingerprint density at radius 1 is 0.526 bits per heavy atom. The first-order valence-electron chi connectivity index (χ1n) is 26.1. The van der Waals surface area contributed by atoms with Crippen LogP contribution in [0.1, 0.15) is 150 Å². The molecule has 0 bridgehead atoms. The molecule has 0 aromatic carbocycles. The van der Waals surface area contributed by atoms with E-state index in [0.29, 0.717) is 6.42 Å². The number of hydrogen-bond acceptors (Lipinski definition) is 22. The molecule has 2 heterocycles. The zero-order chi connectivity index (χ0) is 59.2. The lowest BCUT2D eigenvalue weighted by Crippen LogP contribution is -2.71. The van der Waals surface area contributed by atoms with Crippen LogP contribution in [0.4, 0.5) is 19.2 Å². The van der Waals surface area contributed by atoms with Crippen LogP contribution < -0.4 is 32.3 Å². The van der Waals surface area contributed by atoms with Gasteiger partial charge in [-0.2, -0.15) is 0 Å². The minimum absolute atomic E-state index is 0.00919. The maximum absolute atomic E-state index is 14.7. The lowest BCUT2D eigenvalue weighted by atomic mass is 9.82. The fraction of sp³-hybridized carbons (Fsp3) is 0.824. The largest absolute Gasteiger partial charge is 0.457 e. The average Bonchev–Trinajstić information content (AvgIpc) is 3.24. The van der Waals surface area contributed by atoms with Crippen molar-refractivity contribution in [1.29, 1.82) is 0 Å². The van der Waals surface area contributed by atoms with Gasteiger partial charge in [-0.15, -0.1) is 0 Å². The molecule has 0 spiro atoms. The summed E-state index contributed by atoms with van der Waals surface area (Å²) < 4.78 is 71.7. The number of alkyl carbamates (subject to hydrolysis) is 4. The summed E-state index contributed by atoms with van der Waals surface area (Å²) in [5.41, 5.74) is 2.20. The smallest absolute Gasteiger partial charge is 0.408 e. The standard InChI is InChI=1S/C51H86N6O21/c1-18-33-38(68-26(3)59)35(57-47(66)78-51(15,16)17)39(69-27(4)60)43(72-33)74-36-31(54-41(62)34(67-25(2)58)21-22-53-44(63)75-48(6,7)8)23-32(56-46(65)77-50(12,13)14)37(40(36)70-28(5)61)73-42-30(20-19-29(24-52)71-42)55-45(64)76-49(9,10)11/h29-40,42-43H,18-24,52H2,1-17H3,(H,53,63)(H,54,62)(H,55,64)(H,56,65)(H,57,66)/t29?,30?,31-,32+,33?,34+,35+,36+,37?,38+,39?,40?,42-,43-/m1/s1. The molecular weight excluding hydrogens is 1030 g/mol. The number of ether oxygens (including phenoxy) is 12. The SMILES string of the molecule is CCC1O[C@H](O[C@@H]2C(OC(C)=O)C(O[C@H]3OC(CN)CCC3NC(=O)OC(C)(C)C)[C@@H](NC(=O)OC(C)(C)C)C[C@H]2NC(=O)[C@H](CCNC(=O)OC(C)(C)C)OC(C)=O)C(OC(C)=O)[C@@H](NC(=O)OC(C)(C)C)[C@H]1OC(C)=O. The third-order valence-electron chi connectivity index (χ3n) is 11.3. The van der Waals surface area contributed by atoms with Crippen LogP contribution in [-0.2, 0) is 80.8 Å². The van der Waals surface area contributed by atoms with Gasteiger partial charge in [0, 0.05) is 47.2 Å². The maximum Gasteiger partial charge on any atom is 0.408 e. The summed E-state index contributed by atoms with van der Waals surface area (Å²) in [6.07, 6.45) is -18.4. The van der Waals surface area contributed by atoms with E-state index in [9.17, 15) is 43.2 Å². The molecule has 3 rings (SSSR count). The molecule has 3 aliphatic rings. The molecule has 2 aliphatic heterocycles. The van der Waals surface area contributed by atoms with E-state index in [1.165, 1.54) is 0 Å². The third kappa shape index (κ3) is 22.9. The number of amides is 5. The van der Waals surface area contributed by atoms with Crippen LogP contribution in [0.15, 0.2) is 0 Å². The van der Waals surface area contributed by atoms with Gasteiger partial charge in [-0.25, -0.2) is 19.2 Å². The van der Waals surface area contributed by atoms with Crippen molar-refractivity contribution < 1.29 is 100.0 Å². The zero-order valence-electron chi connectivity index (χ0n) is 48.2. The molecule has 1 aliphatic carbocycles. The molecule has 446 valence electrons. The molecule has 78 heavy (non-hydrogen) atoms. The molecule has 6 unspecified atom stereocenters. The topological polar surface area (TPSA) is 351 Å². The lowest BCUT2D eigenvalue weighted by molar-refractivity contribution is -0.317. The molecule has 0 radical (unpaired) electrons. The van der Waals surface area contributed by atoms with E-state index >= 15 is 0 Å². The molecule has 27 heteroatoms. The van der Waals surface area contributed by atoms with Crippen LogP contribution in [0, 0.1) is 0 Å². The van der Waals surface area contributed by atoms with Gasteiger partial charge in [-0.05, 0) is 109 Å². The van der Waals surface area contributed by atoms with E-state index < -0.39 is 169 Å². The van der Waals surface area contributed by atoms with Gasteiger partial charge in [0.05, 0.1) is 30.3 Å². The van der Waals surface area contributed by atoms with Crippen LogP contribution in [-0.4, -0.2) is 175 Å². The van der Waals surface area contributed by atoms with Crippen LogP contribution in [0.2, 0.25) is 0 Å². The zero-order valence-corrected chi connectivity index (χ0v) is 48.2. The van der Waals surface area contributed by atoms with Crippen LogP contribution >= 0.6 is 0 Å². The van der Waals surface area contributed by atoms with Crippen molar-refractivity contribution in [3.05, 3.63) is 0 Å². The Balaban J connectivity index is 2.38. The van der Waals surface area contributed by atoms with Crippen molar-refractivity contribution in [3.8, 4) is 0 Å². The van der Waals surface area contributed by atoms with Gasteiger partial charge in [-0.3, -0.25) is 24.0 Å². The van der Waals surface area contributed by atoms with Crippen LogP contribution in [0.3, 0.4) is 0 Å². The molecule has 2 saturated heterocycles. The number of rotatable bonds is 18. The van der Waals surface area contributed by atoms with Gasteiger partial charge in [0.15, 0.2) is 37.0 Å². The highest BCUT2D eigenvalue weighted by molar-refractivity contribution is 5.84. The van der Waals surface area contributed by atoms with E-state index in [-0.39, 0.29) is 32.4 Å². The molecule has 27 nitrogen and oxygen atoms in total. The molecule has 0 aromatic rings. The number of nitrogens with one attached hydrogen (secondary N) is 5. The number of carbonyl (C=O) groups is 9. The molecule has 14 atom stereocenters. The Kier molecular flexibility index (Phi) is 24.2. The summed E-state index contributed by atoms with van der Waals surface area (Å²) >= 11 is 0. The Labute approximate surface area is 456 Å². The molecule has 3 fully saturated rings. The van der Waals surface area contributed by atoms with E-state index in [0.717, 1.165) is 27.7 Å². The van der Waals surface area contributed by atoms with Gasteiger partial charge in [-0.1, -0.05) is 6.92 Å². The molecule has 7 N–H and O–H groups in total. The summed E-state index contributed by atoms with van der Waals surface area (Å²) in [6.45, 7) is 25.4. The van der Waals surface area contributed by atoms with Crippen LogP contribution in [0.25, 0.3) is 0 Å². The predicted molar refractivity (Wildman–Crippen MR) is 273 cm³/mol. The quantitative estimate of drug-likeness (QED) is 0.0844. The van der Waals surface area contributed by atoms with E-state index in [1.54, 1.807) is 90.0 Å². The monoisotopic (exact) mass is 1120 g/mol. The van der Waals surface area contributed by atoms with E-state index in [4.69, 9.17) is 62.6 Å². The highest BCUT2D eigenvalue weighted by Crippen LogP contribution is 2.37. The van der Waals surface area contributed by atoms with Crippen LogP contribution in [0.5, 0.6) is 0 Å². The maximum atomic E-state index is 14.7. The Bertz CT molecular complexity index is 2080. The fourth-order valence-corrected chi connectivity index (χ4v) is 8.62. The van der Waals surface area contributed by atoms with Crippen molar-refractivity contribution in [1.82, 2.24) is 26.6 Å². The van der Waals surface area contributed by atoms with Crippen molar-refractivity contribution in [2.75, 3.05) is 13.1 Å². The normalized spacial score (nSPS) is 27.9. The average molecular weight is 1120 g/mol. The van der Waals surface area contributed by atoms with Gasteiger partial charge in [0.25, 0.3) is 5.91 Å². The minimum atomic E-state index is -1.81. The Hall–Kier alpha value is -5.77. The summed E-state index contributed by atoms with van der Waals surface area (Å²) in [6, 6.07) is -5.22. The first kappa shape index (κ1) is 66.5. The second kappa shape index (κ2) is 28.4. The number of carbonyl (C=O) groups excluding carboxylic acids is 9. The lowest BCUT2D eigenvalue weighted by Gasteiger charge is -2.51. The highest BCUT2D eigenvalue weighted by atomic mass is 16.7. The van der Waals surface area contributed by atoms with Crippen molar-refractivity contribution in [2.45, 2.75) is 258 Å². The summed E-state index contributed by atoms with van der Waals surface area (Å²) in [5, 5.41) is 13.5. The first-order valence-corrected chi connectivity index (χ1v) is 26.1. The molecule has 5 amide bonds. The number of hydrogen-bond donors (Lipinski definition) is 6. The van der Waals surface area contributed by atoms with Gasteiger partial charge in [0.2, 0.25) is 0 Å². The molecular formula is C51H86N6O21. The van der Waals surface area contributed by atoms with Crippen molar-refractivity contribution in [2.24, 2.45) is 5.73 Å². The van der Waals surface area contributed by atoms with E-state index in [2.05, 4.69) is 26.6 Å². The second-order valence-electron chi connectivity index (χ2n) is 23.2. The van der Waals surface area contributed by atoms with Gasteiger partial charge >= 0.3 is 48.3 Å². The highest BCUT2D eigenvalue weighted by Gasteiger charge is 2.57. The Morgan fingerprint density at radius 2 is 0.974 bits per heavy atom.